The molecule has 0 amide bonds. The van der Waals surface area contributed by atoms with Gasteiger partial charge in [0.2, 0.25) is 5.13 Å². The van der Waals surface area contributed by atoms with Gasteiger partial charge in [0.1, 0.15) is 5.82 Å². The van der Waals surface area contributed by atoms with Crippen LogP contribution >= 0.6 is 11.5 Å². The number of nitrogens with zero attached hydrogens (tertiary/aromatic N) is 4. The van der Waals surface area contributed by atoms with E-state index in [-0.39, 0.29) is 0 Å². The van der Waals surface area contributed by atoms with Gasteiger partial charge < -0.3 is 9.80 Å². The molecule has 0 N–H and O–H groups in total. The van der Waals surface area contributed by atoms with Gasteiger partial charge >= 0.3 is 0 Å². The second-order valence-corrected chi connectivity index (χ2v) is 6.82. The van der Waals surface area contributed by atoms with Crippen LogP contribution in [0.2, 0.25) is 0 Å². The minimum absolute atomic E-state index is 0.380. The van der Waals surface area contributed by atoms with Crippen LogP contribution in [0, 0.1) is 0 Å². The molecule has 1 unspecified atom stereocenters. The van der Waals surface area contributed by atoms with Crippen molar-refractivity contribution in [3.05, 3.63) is 41.7 Å². The summed E-state index contributed by atoms with van der Waals surface area (Å²) < 4.78 is 4.58. The first-order valence-electron chi connectivity index (χ1n) is 7.65. The quantitative estimate of drug-likeness (QED) is 0.872. The second-order valence-electron chi connectivity index (χ2n) is 6.09. The molecule has 5 heteroatoms. The van der Waals surface area contributed by atoms with E-state index in [9.17, 15) is 0 Å². The molecule has 1 aliphatic heterocycles. The van der Waals surface area contributed by atoms with Crippen LogP contribution in [0.5, 0.6) is 0 Å². The van der Waals surface area contributed by atoms with Crippen molar-refractivity contribution in [1.82, 2.24) is 14.3 Å². The molecule has 2 aromatic rings. The molecule has 2 heterocycles. The average Bonchev–Trinajstić information content (AvgIpc) is 3.26. The highest BCUT2D eigenvalue weighted by molar-refractivity contribution is 7.09. The first kappa shape index (κ1) is 13.2. The minimum atomic E-state index is 0.380. The minimum Gasteiger partial charge on any atom is -0.337 e. The molecule has 0 bridgehead atoms. The molecular formula is C16H20N4S. The number of rotatable bonds is 3. The highest BCUT2D eigenvalue weighted by atomic mass is 32.1. The van der Waals surface area contributed by atoms with Gasteiger partial charge in [-0.05, 0) is 25.5 Å². The van der Waals surface area contributed by atoms with Crippen LogP contribution in [0.3, 0.4) is 0 Å². The Morgan fingerprint density at radius 2 is 1.95 bits per heavy atom. The number of benzene rings is 1. The largest absolute Gasteiger partial charge is 0.337 e. The SMILES string of the molecule is CN1CCN(c2nc(C3CC3)ns2)C(c2ccccc2)C1. The normalized spacial score (nSPS) is 23.5. The van der Waals surface area contributed by atoms with Gasteiger partial charge in [0.25, 0.3) is 0 Å². The Morgan fingerprint density at radius 3 is 2.71 bits per heavy atom. The molecule has 4 nitrogen and oxygen atoms in total. The molecule has 0 radical (unpaired) electrons. The fourth-order valence-corrected chi connectivity index (χ4v) is 3.78. The van der Waals surface area contributed by atoms with Gasteiger partial charge in [-0.25, -0.2) is 4.98 Å². The number of anilines is 1. The van der Waals surface area contributed by atoms with Crippen molar-refractivity contribution in [2.24, 2.45) is 0 Å². The van der Waals surface area contributed by atoms with E-state index in [1.165, 1.54) is 18.4 Å². The lowest BCUT2D eigenvalue weighted by molar-refractivity contribution is 0.269. The Labute approximate surface area is 129 Å². The summed E-state index contributed by atoms with van der Waals surface area (Å²) in [5, 5.41) is 1.10. The smallest absolute Gasteiger partial charge is 0.205 e. The molecule has 1 aromatic carbocycles. The molecule has 1 saturated heterocycles. The van der Waals surface area contributed by atoms with Crippen molar-refractivity contribution in [2.75, 3.05) is 31.6 Å². The summed E-state index contributed by atoms with van der Waals surface area (Å²) in [6.07, 6.45) is 2.53. The van der Waals surface area contributed by atoms with Gasteiger partial charge in [0.05, 0.1) is 6.04 Å². The van der Waals surface area contributed by atoms with Gasteiger partial charge in [0, 0.05) is 37.1 Å². The Hall–Kier alpha value is -1.46. The number of hydrogen-bond donors (Lipinski definition) is 0. The lowest BCUT2D eigenvalue weighted by Crippen LogP contribution is -2.46. The van der Waals surface area contributed by atoms with E-state index in [1.807, 2.05) is 0 Å². The van der Waals surface area contributed by atoms with Crippen LogP contribution in [0.15, 0.2) is 30.3 Å². The zero-order valence-electron chi connectivity index (χ0n) is 12.3. The zero-order chi connectivity index (χ0) is 14.2. The van der Waals surface area contributed by atoms with Crippen molar-refractivity contribution in [3.8, 4) is 0 Å². The molecule has 2 aliphatic rings. The number of likely N-dealkylation sites (N-methyl/N-ethyl adjacent to an activating group) is 1. The van der Waals surface area contributed by atoms with Crippen LogP contribution < -0.4 is 4.90 Å². The van der Waals surface area contributed by atoms with Crippen molar-refractivity contribution in [2.45, 2.75) is 24.8 Å². The van der Waals surface area contributed by atoms with E-state index >= 15 is 0 Å². The Kier molecular flexibility index (Phi) is 3.39. The van der Waals surface area contributed by atoms with E-state index in [2.05, 4.69) is 51.6 Å². The van der Waals surface area contributed by atoms with Crippen LogP contribution in [-0.2, 0) is 0 Å². The van der Waals surface area contributed by atoms with Crippen LogP contribution in [0.25, 0.3) is 0 Å². The molecule has 21 heavy (non-hydrogen) atoms. The van der Waals surface area contributed by atoms with Crippen molar-refractivity contribution >= 4 is 16.7 Å². The molecule has 0 spiro atoms. The zero-order valence-corrected chi connectivity index (χ0v) is 13.1. The predicted molar refractivity (Wildman–Crippen MR) is 85.9 cm³/mol. The maximum absolute atomic E-state index is 4.81. The molecule has 1 aliphatic carbocycles. The fourth-order valence-electron chi connectivity index (χ4n) is 2.96. The summed E-state index contributed by atoms with van der Waals surface area (Å²) in [6, 6.07) is 11.1. The Balaban J connectivity index is 1.63. The standard InChI is InChI=1S/C16H20N4S/c1-19-9-10-20(14(11-19)12-5-3-2-4-6-12)16-17-15(18-21-16)13-7-8-13/h2-6,13-14H,7-11H2,1H3. The van der Waals surface area contributed by atoms with Crippen LogP contribution in [-0.4, -0.2) is 40.9 Å². The third-order valence-corrected chi connectivity index (χ3v) is 5.15. The summed E-state index contributed by atoms with van der Waals surface area (Å²) >= 11 is 1.57. The monoisotopic (exact) mass is 300 g/mol. The topological polar surface area (TPSA) is 32.3 Å². The summed E-state index contributed by atoms with van der Waals surface area (Å²) in [6.45, 7) is 3.15. The molecule has 1 atom stereocenters. The molecule has 110 valence electrons. The van der Waals surface area contributed by atoms with Gasteiger partial charge in [-0.3, -0.25) is 0 Å². The molecular weight excluding hydrogens is 280 g/mol. The number of piperazine rings is 1. The third kappa shape index (κ3) is 2.68. The highest BCUT2D eigenvalue weighted by Crippen LogP contribution is 2.40. The average molecular weight is 300 g/mol. The summed E-state index contributed by atoms with van der Waals surface area (Å²) in [7, 11) is 2.20. The van der Waals surface area contributed by atoms with E-state index in [0.717, 1.165) is 30.6 Å². The van der Waals surface area contributed by atoms with Gasteiger partial charge in [-0.15, -0.1) is 0 Å². The van der Waals surface area contributed by atoms with Crippen LogP contribution in [0.4, 0.5) is 5.13 Å². The van der Waals surface area contributed by atoms with E-state index in [4.69, 9.17) is 4.98 Å². The maximum atomic E-state index is 4.81. The van der Waals surface area contributed by atoms with E-state index in [1.54, 1.807) is 11.5 Å². The first-order chi connectivity index (χ1) is 10.3. The fraction of sp³-hybridized carbons (Fsp3) is 0.500. The molecule has 1 saturated carbocycles. The van der Waals surface area contributed by atoms with Crippen molar-refractivity contribution < 1.29 is 0 Å². The number of hydrogen-bond acceptors (Lipinski definition) is 5. The van der Waals surface area contributed by atoms with E-state index < -0.39 is 0 Å². The lowest BCUT2D eigenvalue weighted by Gasteiger charge is -2.40. The highest BCUT2D eigenvalue weighted by Gasteiger charge is 2.32. The second kappa shape index (κ2) is 5.39. The van der Waals surface area contributed by atoms with Gasteiger partial charge in [0.15, 0.2) is 0 Å². The van der Waals surface area contributed by atoms with E-state index in [0.29, 0.717) is 12.0 Å². The predicted octanol–water partition coefficient (Wildman–Crippen LogP) is 2.91. The van der Waals surface area contributed by atoms with Gasteiger partial charge in [-0.2, -0.15) is 4.37 Å². The first-order valence-corrected chi connectivity index (χ1v) is 8.42. The summed E-state index contributed by atoms with van der Waals surface area (Å²) in [5.74, 6) is 1.71. The van der Waals surface area contributed by atoms with Gasteiger partial charge in [-0.1, -0.05) is 30.3 Å². The Bertz CT molecular complexity index is 608. The Morgan fingerprint density at radius 1 is 1.14 bits per heavy atom. The molecule has 4 rings (SSSR count). The maximum Gasteiger partial charge on any atom is 0.205 e. The summed E-state index contributed by atoms with van der Waals surface area (Å²) in [5.41, 5.74) is 1.37. The van der Waals surface area contributed by atoms with Crippen molar-refractivity contribution in [3.63, 3.8) is 0 Å². The third-order valence-electron chi connectivity index (χ3n) is 4.39. The number of aromatic nitrogens is 2. The van der Waals surface area contributed by atoms with Crippen LogP contribution in [0.1, 0.15) is 36.2 Å². The molecule has 2 fully saturated rings. The molecule has 1 aromatic heterocycles. The lowest BCUT2D eigenvalue weighted by atomic mass is 10.0. The van der Waals surface area contributed by atoms with Crippen molar-refractivity contribution in [1.29, 1.82) is 0 Å². The summed E-state index contributed by atoms with van der Waals surface area (Å²) in [4.78, 5) is 9.65.